The molecule has 96 valence electrons. The Morgan fingerprint density at radius 2 is 1.94 bits per heavy atom. The fourth-order valence-corrected chi connectivity index (χ4v) is 3.30. The van der Waals surface area contributed by atoms with Gasteiger partial charge in [0.25, 0.3) is 0 Å². The maximum Gasteiger partial charge on any atom is 0.00979 e. The van der Waals surface area contributed by atoms with Crippen LogP contribution in [0.3, 0.4) is 0 Å². The van der Waals surface area contributed by atoms with Crippen LogP contribution in [0, 0.1) is 13.8 Å². The van der Waals surface area contributed by atoms with E-state index in [1.165, 1.54) is 35.1 Å². The SMILES string of the molecule is Cc1ccc([C@H](CCCBr)c2ccsc2)cc1C. The molecule has 18 heavy (non-hydrogen) atoms. The van der Waals surface area contributed by atoms with Crippen molar-refractivity contribution >= 4 is 27.3 Å². The Bertz CT molecular complexity index is 488. The minimum absolute atomic E-state index is 0.549. The van der Waals surface area contributed by atoms with Crippen LogP contribution in [0.15, 0.2) is 35.0 Å². The summed E-state index contributed by atoms with van der Waals surface area (Å²) in [5.41, 5.74) is 5.69. The van der Waals surface area contributed by atoms with E-state index >= 15 is 0 Å². The summed E-state index contributed by atoms with van der Waals surface area (Å²) < 4.78 is 0. The fraction of sp³-hybridized carbons (Fsp3) is 0.375. The first-order valence-corrected chi connectivity index (χ1v) is 8.44. The number of hydrogen-bond donors (Lipinski definition) is 0. The van der Waals surface area contributed by atoms with Crippen LogP contribution in [-0.4, -0.2) is 5.33 Å². The van der Waals surface area contributed by atoms with Crippen molar-refractivity contribution in [2.45, 2.75) is 32.6 Å². The maximum atomic E-state index is 3.54. The Kier molecular flexibility index (Phi) is 5.02. The summed E-state index contributed by atoms with van der Waals surface area (Å²) in [6, 6.07) is 9.15. The number of hydrogen-bond acceptors (Lipinski definition) is 1. The third-order valence-corrected chi connectivity index (χ3v) is 4.77. The van der Waals surface area contributed by atoms with Gasteiger partial charge in [0.1, 0.15) is 0 Å². The maximum absolute atomic E-state index is 3.54. The van der Waals surface area contributed by atoms with E-state index in [1.807, 2.05) is 0 Å². The second-order valence-corrected chi connectivity index (χ2v) is 6.36. The molecule has 0 fully saturated rings. The summed E-state index contributed by atoms with van der Waals surface area (Å²) >= 11 is 5.33. The minimum Gasteiger partial charge on any atom is -0.152 e. The van der Waals surface area contributed by atoms with Gasteiger partial charge in [0.05, 0.1) is 0 Å². The highest BCUT2D eigenvalue weighted by molar-refractivity contribution is 9.09. The molecule has 1 aromatic heterocycles. The van der Waals surface area contributed by atoms with E-state index in [9.17, 15) is 0 Å². The lowest BCUT2D eigenvalue weighted by Gasteiger charge is -2.17. The molecule has 0 nitrogen and oxygen atoms in total. The zero-order valence-corrected chi connectivity index (χ0v) is 13.4. The predicted molar refractivity (Wildman–Crippen MR) is 85.1 cm³/mol. The van der Waals surface area contributed by atoms with Crippen molar-refractivity contribution in [3.05, 3.63) is 57.3 Å². The second kappa shape index (κ2) is 6.53. The molecule has 0 spiro atoms. The summed E-state index contributed by atoms with van der Waals surface area (Å²) in [7, 11) is 0. The van der Waals surface area contributed by atoms with Crippen LogP contribution in [0.4, 0.5) is 0 Å². The van der Waals surface area contributed by atoms with Crippen LogP contribution in [-0.2, 0) is 0 Å². The van der Waals surface area contributed by atoms with E-state index in [2.05, 4.69) is 64.8 Å². The van der Waals surface area contributed by atoms with Gasteiger partial charge in [-0.2, -0.15) is 11.3 Å². The van der Waals surface area contributed by atoms with Crippen molar-refractivity contribution in [3.63, 3.8) is 0 Å². The summed E-state index contributed by atoms with van der Waals surface area (Å²) in [5.74, 6) is 0.549. The molecule has 1 atom stereocenters. The average Bonchev–Trinajstić information content (AvgIpc) is 2.88. The highest BCUT2D eigenvalue weighted by Gasteiger charge is 2.14. The van der Waals surface area contributed by atoms with Crippen LogP contribution >= 0.6 is 27.3 Å². The van der Waals surface area contributed by atoms with Gasteiger partial charge in [-0.1, -0.05) is 34.1 Å². The Labute approximate surface area is 122 Å². The first-order chi connectivity index (χ1) is 8.72. The zero-order chi connectivity index (χ0) is 13.0. The summed E-state index contributed by atoms with van der Waals surface area (Å²) in [5, 5.41) is 5.55. The molecule has 1 aromatic carbocycles. The predicted octanol–water partition coefficient (Wildman–Crippen LogP) is 5.67. The largest absolute Gasteiger partial charge is 0.152 e. The Morgan fingerprint density at radius 1 is 1.11 bits per heavy atom. The molecular weight excluding hydrogens is 304 g/mol. The van der Waals surface area contributed by atoms with Gasteiger partial charge in [-0.05, 0) is 65.8 Å². The van der Waals surface area contributed by atoms with Crippen LogP contribution in [0.2, 0.25) is 0 Å². The molecule has 0 N–H and O–H groups in total. The molecule has 0 aliphatic heterocycles. The Balaban J connectivity index is 2.30. The molecule has 2 heteroatoms. The van der Waals surface area contributed by atoms with Crippen LogP contribution in [0.1, 0.15) is 41.0 Å². The first kappa shape index (κ1) is 13.8. The first-order valence-electron chi connectivity index (χ1n) is 6.37. The number of rotatable bonds is 5. The van der Waals surface area contributed by atoms with Gasteiger partial charge in [0.15, 0.2) is 0 Å². The molecule has 2 rings (SSSR count). The summed E-state index contributed by atoms with van der Waals surface area (Å²) in [6.07, 6.45) is 2.43. The van der Waals surface area contributed by atoms with Gasteiger partial charge in [0, 0.05) is 11.2 Å². The van der Waals surface area contributed by atoms with E-state index in [-0.39, 0.29) is 0 Å². The normalized spacial score (nSPS) is 12.6. The lowest BCUT2D eigenvalue weighted by molar-refractivity contribution is 0.706. The van der Waals surface area contributed by atoms with Gasteiger partial charge in [-0.15, -0.1) is 0 Å². The van der Waals surface area contributed by atoms with E-state index in [4.69, 9.17) is 0 Å². The Hall–Kier alpha value is -0.600. The molecule has 0 aliphatic rings. The van der Waals surface area contributed by atoms with Crippen LogP contribution < -0.4 is 0 Å². The molecule has 0 radical (unpaired) electrons. The van der Waals surface area contributed by atoms with Crippen molar-refractivity contribution in [3.8, 4) is 0 Å². The molecule has 1 heterocycles. The number of aryl methyl sites for hydroxylation is 2. The molecule has 0 saturated heterocycles. The van der Waals surface area contributed by atoms with Crippen LogP contribution in [0.25, 0.3) is 0 Å². The average molecular weight is 323 g/mol. The van der Waals surface area contributed by atoms with Gasteiger partial charge in [-0.25, -0.2) is 0 Å². The van der Waals surface area contributed by atoms with E-state index in [1.54, 1.807) is 11.3 Å². The highest BCUT2D eigenvalue weighted by atomic mass is 79.9. The smallest absolute Gasteiger partial charge is 0.00979 e. The van der Waals surface area contributed by atoms with Crippen molar-refractivity contribution < 1.29 is 0 Å². The van der Waals surface area contributed by atoms with Gasteiger partial charge >= 0.3 is 0 Å². The van der Waals surface area contributed by atoms with E-state index in [0.29, 0.717) is 5.92 Å². The lowest BCUT2D eigenvalue weighted by atomic mass is 9.88. The monoisotopic (exact) mass is 322 g/mol. The third kappa shape index (κ3) is 3.24. The lowest BCUT2D eigenvalue weighted by Crippen LogP contribution is -2.01. The number of thiophene rings is 1. The van der Waals surface area contributed by atoms with Crippen molar-refractivity contribution in [1.82, 2.24) is 0 Å². The van der Waals surface area contributed by atoms with Crippen molar-refractivity contribution in [2.75, 3.05) is 5.33 Å². The number of alkyl halides is 1. The molecule has 2 aromatic rings. The highest BCUT2D eigenvalue weighted by Crippen LogP contribution is 2.31. The minimum atomic E-state index is 0.549. The van der Waals surface area contributed by atoms with E-state index in [0.717, 1.165) is 5.33 Å². The molecule has 0 aliphatic carbocycles. The quantitative estimate of drug-likeness (QED) is 0.622. The topological polar surface area (TPSA) is 0 Å². The van der Waals surface area contributed by atoms with Gasteiger partial charge in [0.2, 0.25) is 0 Å². The molecule has 0 bridgehead atoms. The zero-order valence-electron chi connectivity index (χ0n) is 10.9. The molecule has 0 amide bonds. The Morgan fingerprint density at radius 3 is 2.56 bits per heavy atom. The van der Waals surface area contributed by atoms with Crippen LogP contribution in [0.5, 0.6) is 0 Å². The fourth-order valence-electron chi connectivity index (χ4n) is 2.26. The van der Waals surface area contributed by atoms with Crippen molar-refractivity contribution in [2.24, 2.45) is 0 Å². The van der Waals surface area contributed by atoms with E-state index < -0.39 is 0 Å². The summed E-state index contributed by atoms with van der Waals surface area (Å²) in [4.78, 5) is 0. The second-order valence-electron chi connectivity index (χ2n) is 4.78. The molecule has 0 unspecified atom stereocenters. The number of benzene rings is 1. The van der Waals surface area contributed by atoms with Gasteiger partial charge in [-0.3, -0.25) is 0 Å². The van der Waals surface area contributed by atoms with Gasteiger partial charge < -0.3 is 0 Å². The summed E-state index contributed by atoms with van der Waals surface area (Å²) in [6.45, 7) is 4.38. The van der Waals surface area contributed by atoms with Crippen molar-refractivity contribution in [1.29, 1.82) is 0 Å². The molecule has 0 saturated carbocycles. The number of halogens is 1. The molecular formula is C16H19BrS. The third-order valence-electron chi connectivity index (χ3n) is 3.51. The standard InChI is InChI=1S/C16H19BrS/c1-12-5-6-14(10-13(12)2)16(4-3-8-17)15-7-9-18-11-15/h5-7,9-11,16H,3-4,8H2,1-2H3/t16-/m0/s1.